The molecule has 0 aliphatic rings. The molecule has 0 fully saturated rings. The molecule has 4 heteroatoms. The molecule has 2 aromatic heterocycles. The van der Waals surface area contributed by atoms with Crippen LogP contribution in [-0.2, 0) is 19.9 Å². The van der Waals surface area contributed by atoms with Crippen molar-refractivity contribution in [1.29, 1.82) is 0 Å². The zero-order valence-electron chi connectivity index (χ0n) is 11.9. The lowest BCUT2D eigenvalue weighted by Gasteiger charge is -2.19. The van der Waals surface area contributed by atoms with Crippen molar-refractivity contribution < 1.29 is 0 Å². The lowest BCUT2D eigenvalue weighted by atomic mass is 10.0. The van der Waals surface area contributed by atoms with Crippen molar-refractivity contribution >= 4 is 0 Å². The second-order valence-electron chi connectivity index (χ2n) is 4.70. The fraction of sp³-hybridized carbons (Fsp3) is 0.467. The lowest BCUT2D eigenvalue weighted by Crippen LogP contribution is -2.25. The average Bonchev–Trinajstić information content (AvgIpc) is 2.84. The third kappa shape index (κ3) is 3.41. The van der Waals surface area contributed by atoms with Crippen LogP contribution in [0.5, 0.6) is 0 Å². The minimum Gasteiger partial charge on any atom is -0.309 e. The Kier molecular flexibility index (Phi) is 4.68. The number of pyridine rings is 1. The molecule has 0 spiro atoms. The number of rotatable bonds is 6. The van der Waals surface area contributed by atoms with Gasteiger partial charge in [0.2, 0.25) is 0 Å². The molecule has 19 heavy (non-hydrogen) atoms. The van der Waals surface area contributed by atoms with E-state index in [4.69, 9.17) is 0 Å². The number of hydrogen-bond acceptors (Lipinski definition) is 3. The largest absolute Gasteiger partial charge is 0.309 e. The number of nitrogens with one attached hydrogen (secondary N) is 1. The summed E-state index contributed by atoms with van der Waals surface area (Å²) in [6.07, 6.45) is 5.74. The average molecular weight is 258 g/mol. The second kappa shape index (κ2) is 6.48. The van der Waals surface area contributed by atoms with Gasteiger partial charge in [0.15, 0.2) is 0 Å². The van der Waals surface area contributed by atoms with Gasteiger partial charge in [0, 0.05) is 25.9 Å². The van der Waals surface area contributed by atoms with Crippen LogP contribution in [0.3, 0.4) is 0 Å². The van der Waals surface area contributed by atoms with Crippen LogP contribution < -0.4 is 5.32 Å². The van der Waals surface area contributed by atoms with E-state index < -0.39 is 0 Å². The Morgan fingerprint density at radius 3 is 2.79 bits per heavy atom. The van der Waals surface area contributed by atoms with Gasteiger partial charge in [-0.05, 0) is 30.7 Å². The van der Waals surface area contributed by atoms with E-state index in [-0.39, 0.29) is 6.04 Å². The molecule has 0 saturated heterocycles. The lowest BCUT2D eigenvalue weighted by molar-refractivity contribution is 0.523. The summed E-state index contributed by atoms with van der Waals surface area (Å²) in [5, 5.41) is 7.98. The van der Waals surface area contributed by atoms with Crippen molar-refractivity contribution in [3.05, 3.63) is 47.5 Å². The third-order valence-electron chi connectivity index (χ3n) is 3.27. The van der Waals surface area contributed by atoms with Gasteiger partial charge in [0.1, 0.15) is 0 Å². The molecule has 0 aliphatic heterocycles. The van der Waals surface area contributed by atoms with Gasteiger partial charge in [-0.1, -0.05) is 19.9 Å². The van der Waals surface area contributed by atoms with Gasteiger partial charge in [-0.3, -0.25) is 9.67 Å². The highest BCUT2D eigenvalue weighted by Gasteiger charge is 2.16. The van der Waals surface area contributed by atoms with Gasteiger partial charge in [-0.25, -0.2) is 0 Å². The van der Waals surface area contributed by atoms with E-state index >= 15 is 0 Å². The van der Waals surface area contributed by atoms with Crippen LogP contribution in [0.25, 0.3) is 0 Å². The summed E-state index contributed by atoms with van der Waals surface area (Å²) in [4.78, 5) is 4.57. The molecular formula is C15H22N4. The standard InChI is InChI=1S/C15H22N4/c1-4-12-7-6-9-17-15(12)14(16-5-2)11-13-8-10-19(3)18-13/h6-10,14,16H,4-5,11H2,1-3H3. The molecule has 1 atom stereocenters. The molecule has 1 N–H and O–H groups in total. The van der Waals surface area contributed by atoms with Crippen LogP contribution in [0.15, 0.2) is 30.6 Å². The van der Waals surface area contributed by atoms with Crippen LogP contribution in [-0.4, -0.2) is 21.3 Å². The first-order valence-corrected chi connectivity index (χ1v) is 6.90. The van der Waals surface area contributed by atoms with Crippen molar-refractivity contribution in [3.63, 3.8) is 0 Å². The predicted octanol–water partition coefficient (Wildman–Crippen LogP) is 2.27. The molecule has 4 nitrogen and oxygen atoms in total. The summed E-state index contributed by atoms with van der Waals surface area (Å²) < 4.78 is 1.84. The van der Waals surface area contributed by atoms with E-state index in [1.165, 1.54) is 5.56 Å². The Morgan fingerprint density at radius 1 is 1.32 bits per heavy atom. The van der Waals surface area contributed by atoms with Gasteiger partial charge in [-0.15, -0.1) is 0 Å². The smallest absolute Gasteiger partial charge is 0.0644 e. The maximum Gasteiger partial charge on any atom is 0.0644 e. The monoisotopic (exact) mass is 258 g/mol. The van der Waals surface area contributed by atoms with Crippen LogP contribution in [0.1, 0.15) is 36.8 Å². The van der Waals surface area contributed by atoms with E-state index in [0.717, 1.165) is 30.8 Å². The van der Waals surface area contributed by atoms with E-state index in [9.17, 15) is 0 Å². The van der Waals surface area contributed by atoms with Crippen molar-refractivity contribution in [3.8, 4) is 0 Å². The van der Waals surface area contributed by atoms with Crippen LogP contribution >= 0.6 is 0 Å². The predicted molar refractivity (Wildman–Crippen MR) is 76.9 cm³/mol. The van der Waals surface area contributed by atoms with Crippen molar-refractivity contribution in [1.82, 2.24) is 20.1 Å². The second-order valence-corrected chi connectivity index (χ2v) is 4.70. The molecule has 2 heterocycles. The number of likely N-dealkylation sites (N-methyl/N-ethyl adjacent to an activating group) is 1. The Bertz CT molecular complexity index is 518. The Balaban J connectivity index is 2.23. The Morgan fingerprint density at radius 2 is 2.16 bits per heavy atom. The zero-order valence-corrected chi connectivity index (χ0v) is 11.9. The summed E-state index contributed by atoms with van der Waals surface area (Å²) in [6.45, 7) is 5.22. The van der Waals surface area contributed by atoms with E-state index in [0.29, 0.717) is 0 Å². The maximum absolute atomic E-state index is 4.57. The number of nitrogens with zero attached hydrogens (tertiary/aromatic N) is 3. The molecule has 0 amide bonds. The molecular weight excluding hydrogens is 236 g/mol. The molecule has 102 valence electrons. The quantitative estimate of drug-likeness (QED) is 0.864. The van der Waals surface area contributed by atoms with Gasteiger partial charge in [0.05, 0.1) is 17.4 Å². The van der Waals surface area contributed by atoms with E-state index in [2.05, 4.69) is 41.4 Å². The number of aromatic nitrogens is 3. The minimum absolute atomic E-state index is 0.232. The Hall–Kier alpha value is -1.68. The molecule has 0 aromatic carbocycles. The summed E-state index contributed by atoms with van der Waals surface area (Å²) >= 11 is 0. The van der Waals surface area contributed by atoms with E-state index in [1.54, 1.807) is 0 Å². The van der Waals surface area contributed by atoms with Crippen molar-refractivity contribution in [2.75, 3.05) is 6.54 Å². The number of hydrogen-bond donors (Lipinski definition) is 1. The molecule has 0 radical (unpaired) electrons. The number of aryl methyl sites for hydroxylation is 2. The minimum atomic E-state index is 0.232. The van der Waals surface area contributed by atoms with Gasteiger partial charge in [0.25, 0.3) is 0 Å². The van der Waals surface area contributed by atoms with Gasteiger partial charge < -0.3 is 5.32 Å². The SMILES string of the molecule is CCNC(Cc1ccn(C)n1)c1ncccc1CC. The fourth-order valence-corrected chi connectivity index (χ4v) is 2.36. The molecule has 2 aromatic rings. The summed E-state index contributed by atoms with van der Waals surface area (Å²) in [5.74, 6) is 0. The first-order valence-electron chi connectivity index (χ1n) is 6.90. The molecule has 2 rings (SSSR count). The first kappa shape index (κ1) is 13.7. The van der Waals surface area contributed by atoms with Gasteiger partial charge >= 0.3 is 0 Å². The molecule has 0 saturated carbocycles. The van der Waals surface area contributed by atoms with Crippen LogP contribution in [0.2, 0.25) is 0 Å². The van der Waals surface area contributed by atoms with Crippen LogP contribution in [0.4, 0.5) is 0 Å². The normalized spacial score (nSPS) is 12.6. The highest BCUT2D eigenvalue weighted by Crippen LogP contribution is 2.19. The summed E-state index contributed by atoms with van der Waals surface area (Å²) in [7, 11) is 1.95. The first-order chi connectivity index (χ1) is 9.24. The highest BCUT2D eigenvalue weighted by molar-refractivity contribution is 5.24. The third-order valence-corrected chi connectivity index (χ3v) is 3.27. The molecule has 1 unspecified atom stereocenters. The van der Waals surface area contributed by atoms with E-state index in [1.807, 2.05) is 30.2 Å². The Labute approximate surface area is 114 Å². The van der Waals surface area contributed by atoms with Crippen molar-refractivity contribution in [2.24, 2.45) is 7.05 Å². The zero-order chi connectivity index (χ0) is 13.7. The maximum atomic E-state index is 4.57. The topological polar surface area (TPSA) is 42.7 Å². The van der Waals surface area contributed by atoms with Crippen molar-refractivity contribution in [2.45, 2.75) is 32.7 Å². The summed E-state index contributed by atoms with van der Waals surface area (Å²) in [5.41, 5.74) is 3.56. The summed E-state index contributed by atoms with van der Waals surface area (Å²) in [6, 6.07) is 6.46. The molecule has 0 aliphatic carbocycles. The highest BCUT2D eigenvalue weighted by atomic mass is 15.2. The van der Waals surface area contributed by atoms with Gasteiger partial charge in [-0.2, -0.15) is 5.10 Å². The fourth-order valence-electron chi connectivity index (χ4n) is 2.36. The molecule has 0 bridgehead atoms. The van der Waals surface area contributed by atoms with Crippen LogP contribution in [0, 0.1) is 0 Å².